The molecule has 0 aromatic rings. The molecule has 2 atom stereocenters. The van der Waals surface area contributed by atoms with Gasteiger partial charge in [0, 0.05) is 25.6 Å². The first kappa shape index (κ1) is 13.5. The first-order chi connectivity index (χ1) is 7.50. The van der Waals surface area contributed by atoms with E-state index in [1.54, 1.807) is 0 Å². The maximum absolute atomic E-state index is 12.0. The molecule has 4 nitrogen and oxygen atoms in total. The zero-order chi connectivity index (χ0) is 12.1. The number of carbonyl (C=O) groups is 1. The van der Waals surface area contributed by atoms with Crippen LogP contribution in [0.15, 0.2) is 0 Å². The summed E-state index contributed by atoms with van der Waals surface area (Å²) < 4.78 is 5.50. The third-order valence-corrected chi connectivity index (χ3v) is 2.82. The topological polar surface area (TPSA) is 41.6 Å². The normalized spacial score (nSPS) is 26.2. The van der Waals surface area contributed by atoms with Gasteiger partial charge in [-0.15, -0.1) is 0 Å². The van der Waals surface area contributed by atoms with E-state index >= 15 is 0 Å². The lowest BCUT2D eigenvalue weighted by Crippen LogP contribution is -2.50. The van der Waals surface area contributed by atoms with Gasteiger partial charge in [0.05, 0.1) is 18.8 Å². The van der Waals surface area contributed by atoms with Gasteiger partial charge in [0.1, 0.15) is 0 Å². The minimum Gasteiger partial charge on any atom is -0.375 e. The van der Waals surface area contributed by atoms with Gasteiger partial charge in [-0.25, -0.2) is 0 Å². The molecule has 1 amide bonds. The van der Waals surface area contributed by atoms with Crippen LogP contribution < -0.4 is 5.32 Å². The molecule has 1 heterocycles. The Morgan fingerprint density at radius 2 is 2.19 bits per heavy atom. The summed E-state index contributed by atoms with van der Waals surface area (Å²) in [6.07, 6.45) is 0.744. The number of ether oxygens (including phenoxy) is 1. The standard InChI is InChI=1S/C12H24N2O2/c1-9(2)13-6-5-12(15)14-7-11(4)16-8-10(14)3/h9-11,13H,5-8H2,1-4H3. The highest BCUT2D eigenvalue weighted by molar-refractivity contribution is 5.76. The zero-order valence-corrected chi connectivity index (χ0v) is 10.8. The molecule has 1 N–H and O–H groups in total. The molecule has 0 aliphatic carbocycles. The van der Waals surface area contributed by atoms with Crippen LogP contribution >= 0.6 is 0 Å². The van der Waals surface area contributed by atoms with Gasteiger partial charge in [0.15, 0.2) is 0 Å². The number of morpholine rings is 1. The van der Waals surface area contributed by atoms with Crippen molar-refractivity contribution in [1.29, 1.82) is 0 Å². The second kappa shape index (κ2) is 6.21. The Hall–Kier alpha value is -0.610. The van der Waals surface area contributed by atoms with Gasteiger partial charge in [-0.2, -0.15) is 0 Å². The fourth-order valence-corrected chi connectivity index (χ4v) is 1.86. The SMILES string of the molecule is CC(C)NCCC(=O)N1CC(C)OCC1C. The molecule has 0 aromatic carbocycles. The van der Waals surface area contributed by atoms with Crippen molar-refractivity contribution in [3.05, 3.63) is 0 Å². The van der Waals surface area contributed by atoms with Gasteiger partial charge in [0.2, 0.25) is 5.91 Å². The van der Waals surface area contributed by atoms with Crippen LogP contribution in [-0.2, 0) is 9.53 Å². The van der Waals surface area contributed by atoms with E-state index < -0.39 is 0 Å². The molecule has 1 saturated heterocycles. The highest BCUT2D eigenvalue weighted by Gasteiger charge is 2.26. The minimum absolute atomic E-state index is 0.165. The van der Waals surface area contributed by atoms with Gasteiger partial charge in [-0.1, -0.05) is 13.8 Å². The molecule has 0 aromatic heterocycles. The van der Waals surface area contributed by atoms with E-state index in [1.165, 1.54) is 0 Å². The maximum Gasteiger partial charge on any atom is 0.224 e. The van der Waals surface area contributed by atoms with Crippen molar-refractivity contribution in [2.75, 3.05) is 19.7 Å². The van der Waals surface area contributed by atoms with Gasteiger partial charge in [-0.3, -0.25) is 4.79 Å². The van der Waals surface area contributed by atoms with Crippen LogP contribution in [0.1, 0.15) is 34.1 Å². The van der Waals surface area contributed by atoms with E-state index in [-0.39, 0.29) is 18.1 Å². The van der Waals surface area contributed by atoms with E-state index in [0.717, 1.165) is 13.1 Å². The van der Waals surface area contributed by atoms with Crippen LogP contribution in [-0.4, -0.2) is 48.7 Å². The van der Waals surface area contributed by atoms with E-state index in [2.05, 4.69) is 19.2 Å². The van der Waals surface area contributed by atoms with Gasteiger partial charge >= 0.3 is 0 Å². The first-order valence-corrected chi connectivity index (χ1v) is 6.15. The molecular weight excluding hydrogens is 204 g/mol. The summed E-state index contributed by atoms with van der Waals surface area (Å²) in [5, 5.41) is 3.26. The second-order valence-corrected chi connectivity index (χ2v) is 4.90. The average molecular weight is 228 g/mol. The van der Waals surface area contributed by atoms with Crippen molar-refractivity contribution in [1.82, 2.24) is 10.2 Å². The third kappa shape index (κ3) is 4.10. The van der Waals surface area contributed by atoms with Crippen molar-refractivity contribution in [2.45, 2.75) is 52.3 Å². The Balaban J connectivity index is 2.34. The van der Waals surface area contributed by atoms with Crippen LogP contribution in [0.5, 0.6) is 0 Å². The molecule has 1 fully saturated rings. The Morgan fingerprint density at radius 3 is 2.81 bits per heavy atom. The number of rotatable bonds is 4. The molecule has 0 spiro atoms. The Kier molecular flexibility index (Phi) is 5.22. The maximum atomic E-state index is 12.0. The highest BCUT2D eigenvalue weighted by atomic mass is 16.5. The van der Waals surface area contributed by atoms with Crippen molar-refractivity contribution >= 4 is 5.91 Å². The zero-order valence-electron chi connectivity index (χ0n) is 10.8. The monoisotopic (exact) mass is 228 g/mol. The fraction of sp³-hybridized carbons (Fsp3) is 0.917. The van der Waals surface area contributed by atoms with E-state index in [4.69, 9.17) is 4.74 Å². The molecule has 0 saturated carbocycles. The smallest absolute Gasteiger partial charge is 0.224 e. The van der Waals surface area contributed by atoms with Crippen LogP contribution in [0.2, 0.25) is 0 Å². The fourth-order valence-electron chi connectivity index (χ4n) is 1.86. The molecule has 16 heavy (non-hydrogen) atoms. The van der Waals surface area contributed by atoms with Gasteiger partial charge < -0.3 is 15.0 Å². The summed E-state index contributed by atoms with van der Waals surface area (Å²) in [5.41, 5.74) is 0. The summed E-state index contributed by atoms with van der Waals surface area (Å²) in [6, 6.07) is 0.650. The molecule has 2 unspecified atom stereocenters. The first-order valence-electron chi connectivity index (χ1n) is 6.15. The summed E-state index contributed by atoms with van der Waals surface area (Å²) in [6.45, 7) is 10.4. The Morgan fingerprint density at radius 1 is 1.50 bits per heavy atom. The Bertz CT molecular complexity index is 231. The largest absolute Gasteiger partial charge is 0.375 e. The average Bonchev–Trinajstić information content (AvgIpc) is 2.21. The molecule has 0 bridgehead atoms. The summed E-state index contributed by atoms with van der Waals surface area (Å²) in [5.74, 6) is 0.232. The summed E-state index contributed by atoms with van der Waals surface area (Å²) >= 11 is 0. The molecular formula is C12H24N2O2. The van der Waals surface area contributed by atoms with Crippen molar-refractivity contribution in [2.24, 2.45) is 0 Å². The van der Waals surface area contributed by atoms with Crippen molar-refractivity contribution in [3.63, 3.8) is 0 Å². The van der Waals surface area contributed by atoms with Gasteiger partial charge in [-0.05, 0) is 13.8 Å². The molecule has 1 rings (SSSR count). The number of amides is 1. The van der Waals surface area contributed by atoms with Crippen LogP contribution in [0.25, 0.3) is 0 Å². The summed E-state index contributed by atoms with van der Waals surface area (Å²) in [4.78, 5) is 13.9. The predicted molar refractivity (Wildman–Crippen MR) is 64.3 cm³/mol. The molecule has 94 valence electrons. The van der Waals surface area contributed by atoms with E-state index in [9.17, 15) is 4.79 Å². The van der Waals surface area contributed by atoms with Crippen LogP contribution in [0.4, 0.5) is 0 Å². The van der Waals surface area contributed by atoms with E-state index in [1.807, 2.05) is 18.7 Å². The lowest BCUT2D eigenvalue weighted by molar-refractivity contribution is -0.143. The van der Waals surface area contributed by atoms with Gasteiger partial charge in [0.25, 0.3) is 0 Å². The molecule has 4 heteroatoms. The number of carbonyl (C=O) groups excluding carboxylic acids is 1. The predicted octanol–water partition coefficient (Wildman–Crippen LogP) is 1.01. The van der Waals surface area contributed by atoms with Crippen LogP contribution in [0.3, 0.4) is 0 Å². The van der Waals surface area contributed by atoms with Crippen LogP contribution in [0, 0.1) is 0 Å². The van der Waals surface area contributed by atoms with Crippen molar-refractivity contribution in [3.8, 4) is 0 Å². The highest BCUT2D eigenvalue weighted by Crippen LogP contribution is 2.12. The van der Waals surface area contributed by atoms with E-state index in [0.29, 0.717) is 19.1 Å². The number of nitrogens with zero attached hydrogens (tertiary/aromatic N) is 1. The summed E-state index contributed by atoms with van der Waals surface area (Å²) in [7, 11) is 0. The number of hydrogen-bond donors (Lipinski definition) is 1. The second-order valence-electron chi connectivity index (χ2n) is 4.90. The minimum atomic E-state index is 0.165. The van der Waals surface area contributed by atoms with Crippen molar-refractivity contribution < 1.29 is 9.53 Å². The lowest BCUT2D eigenvalue weighted by atomic mass is 10.2. The molecule has 1 aliphatic rings. The Labute approximate surface area is 98.3 Å². The third-order valence-electron chi connectivity index (χ3n) is 2.82. The number of hydrogen-bond acceptors (Lipinski definition) is 3. The lowest BCUT2D eigenvalue weighted by Gasteiger charge is -2.37. The quantitative estimate of drug-likeness (QED) is 0.781. The molecule has 0 radical (unpaired) electrons. The number of nitrogens with one attached hydrogen (secondary N) is 1. The molecule has 1 aliphatic heterocycles.